The number of rotatable bonds is 3. The van der Waals surface area contributed by atoms with Gasteiger partial charge in [-0.2, -0.15) is 0 Å². The molecule has 0 saturated carbocycles. The van der Waals surface area contributed by atoms with Crippen molar-refractivity contribution in [3.8, 4) is 0 Å². The lowest BCUT2D eigenvalue weighted by Crippen LogP contribution is -1.82. The molecule has 2 aromatic rings. The summed E-state index contributed by atoms with van der Waals surface area (Å²) in [6, 6.07) is 20.3. The predicted octanol–water partition coefficient (Wildman–Crippen LogP) is 6.42. The monoisotopic (exact) mass is 300 g/mol. The van der Waals surface area contributed by atoms with Crippen LogP contribution < -0.4 is 0 Å². The Hall–Kier alpha value is -1.79. The molecule has 0 nitrogen and oxygen atoms in total. The first-order valence-corrected chi connectivity index (χ1v) is 7.52. The molecule has 0 amide bonds. The van der Waals surface area contributed by atoms with E-state index < -0.39 is 0 Å². The maximum absolute atomic E-state index is 5.53. The zero-order valence-corrected chi connectivity index (χ0v) is 13.8. The quantitative estimate of drug-likeness (QED) is 0.453. The lowest BCUT2D eigenvalue weighted by Gasteiger charge is -1.97. The van der Waals surface area contributed by atoms with Gasteiger partial charge in [0, 0.05) is 5.88 Å². The van der Waals surface area contributed by atoms with Crippen molar-refractivity contribution in [1.82, 2.24) is 0 Å². The van der Waals surface area contributed by atoms with Gasteiger partial charge in [-0.3, -0.25) is 0 Å². The molecule has 2 rings (SSSR count). The molecule has 0 aliphatic rings. The van der Waals surface area contributed by atoms with Crippen LogP contribution in [0.4, 0.5) is 0 Å². The summed E-state index contributed by atoms with van der Waals surface area (Å²) in [4.78, 5) is 0. The van der Waals surface area contributed by atoms with E-state index in [1.165, 1.54) is 16.7 Å². The van der Waals surface area contributed by atoms with Crippen LogP contribution >= 0.6 is 11.6 Å². The van der Waals surface area contributed by atoms with Gasteiger partial charge in [-0.1, -0.05) is 78.9 Å². The molecule has 21 heavy (non-hydrogen) atoms. The average Bonchev–Trinajstić information content (AvgIpc) is 2.50. The Kier molecular flexibility index (Phi) is 12.1. The van der Waals surface area contributed by atoms with E-state index in [0.717, 1.165) is 6.42 Å². The number of hydrogen-bond donors (Lipinski definition) is 0. The van der Waals surface area contributed by atoms with Gasteiger partial charge in [-0.25, -0.2) is 0 Å². The average molecular weight is 301 g/mol. The van der Waals surface area contributed by atoms with Crippen LogP contribution in [0.3, 0.4) is 0 Å². The molecular formula is C20H25Cl. The molecule has 0 aliphatic carbocycles. The Bertz CT molecular complexity index is 486. The van der Waals surface area contributed by atoms with Gasteiger partial charge < -0.3 is 0 Å². The van der Waals surface area contributed by atoms with Gasteiger partial charge in [0.15, 0.2) is 0 Å². The molecule has 1 heteroatoms. The second-order valence-corrected chi connectivity index (χ2v) is 4.91. The number of hydrogen-bond acceptors (Lipinski definition) is 0. The summed E-state index contributed by atoms with van der Waals surface area (Å²) in [7, 11) is 0. The van der Waals surface area contributed by atoms with E-state index in [9.17, 15) is 0 Å². The van der Waals surface area contributed by atoms with Crippen LogP contribution in [0.1, 0.15) is 25.0 Å². The second kappa shape index (κ2) is 13.2. The maximum atomic E-state index is 5.53. The lowest BCUT2D eigenvalue weighted by molar-refractivity contribution is 1.15. The van der Waals surface area contributed by atoms with Crippen molar-refractivity contribution in [3.05, 3.63) is 96.6 Å². The number of allylic oxidation sites excluding steroid dienone is 2. The Morgan fingerprint density at radius 3 is 1.62 bits per heavy atom. The van der Waals surface area contributed by atoms with Gasteiger partial charge >= 0.3 is 0 Å². The predicted molar refractivity (Wildman–Crippen MR) is 96.8 cm³/mol. The van der Waals surface area contributed by atoms with Crippen LogP contribution in [0.25, 0.3) is 0 Å². The van der Waals surface area contributed by atoms with Crippen LogP contribution in [0.2, 0.25) is 0 Å². The molecule has 0 aromatic heterocycles. The minimum absolute atomic E-state index is 0.612. The molecule has 2 aromatic carbocycles. The highest BCUT2D eigenvalue weighted by Crippen LogP contribution is 2.04. The van der Waals surface area contributed by atoms with Crippen LogP contribution in [0.5, 0.6) is 0 Å². The van der Waals surface area contributed by atoms with Crippen LogP contribution in [0, 0.1) is 0 Å². The third kappa shape index (κ3) is 11.7. The lowest BCUT2D eigenvalue weighted by atomic mass is 10.1. The van der Waals surface area contributed by atoms with Gasteiger partial charge in [0.2, 0.25) is 0 Å². The summed E-state index contributed by atoms with van der Waals surface area (Å²) in [5.74, 6) is 0.612. The summed E-state index contributed by atoms with van der Waals surface area (Å²) in [6.07, 6.45) is 2.75. The standard InChI is InChI=1S/C10H12.C7H7Cl.C3H6/c1-9(2)8-10-6-4-3-5-7-10;8-6-7-4-2-1-3-5-7;1-3-2/h3-7H,1,8H2,2H3;1-5H,6H2;3H,1H2,2H3. The van der Waals surface area contributed by atoms with E-state index in [4.69, 9.17) is 11.6 Å². The van der Waals surface area contributed by atoms with E-state index in [-0.39, 0.29) is 0 Å². The van der Waals surface area contributed by atoms with Crippen molar-refractivity contribution >= 4 is 11.6 Å². The summed E-state index contributed by atoms with van der Waals surface area (Å²) >= 11 is 5.53. The molecule has 0 spiro atoms. The molecule has 0 bridgehead atoms. The van der Waals surface area contributed by atoms with Gasteiger partial charge in [0.25, 0.3) is 0 Å². The fourth-order valence-electron chi connectivity index (χ4n) is 1.51. The maximum Gasteiger partial charge on any atom is 0.0474 e. The van der Waals surface area contributed by atoms with Crippen molar-refractivity contribution in [1.29, 1.82) is 0 Å². The molecule has 0 N–H and O–H groups in total. The Labute approximate surface area is 134 Å². The molecule has 0 saturated heterocycles. The third-order valence-electron chi connectivity index (χ3n) is 2.35. The van der Waals surface area contributed by atoms with Crippen molar-refractivity contribution in [3.63, 3.8) is 0 Å². The molecular weight excluding hydrogens is 276 g/mol. The van der Waals surface area contributed by atoms with Gasteiger partial charge in [0.05, 0.1) is 0 Å². The Morgan fingerprint density at radius 2 is 1.33 bits per heavy atom. The van der Waals surface area contributed by atoms with Crippen LogP contribution in [-0.4, -0.2) is 0 Å². The van der Waals surface area contributed by atoms with Crippen molar-refractivity contribution in [2.75, 3.05) is 0 Å². The summed E-state index contributed by atoms with van der Waals surface area (Å²) in [6.45, 7) is 11.1. The molecule has 0 heterocycles. The van der Waals surface area contributed by atoms with E-state index in [0.29, 0.717) is 5.88 Å². The molecule has 0 fully saturated rings. The first-order valence-electron chi connectivity index (χ1n) is 6.99. The summed E-state index contributed by atoms with van der Waals surface area (Å²) in [5.41, 5.74) is 3.73. The Balaban J connectivity index is 0.000000327. The normalized spacial score (nSPS) is 8.52. The zero-order chi connectivity index (χ0) is 15.9. The smallest absolute Gasteiger partial charge is 0.0474 e. The minimum atomic E-state index is 0.612. The second-order valence-electron chi connectivity index (χ2n) is 4.65. The Morgan fingerprint density at radius 1 is 0.952 bits per heavy atom. The molecule has 0 radical (unpaired) electrons. The largest absolute Gasteiger partial charge is 0.122 e. The number of benzene rings is 2. The van der Waals surface area contributed by atoms with Gasteiger partial charge in [-0.15, -0.1) is 18.2 Å². The first-order chi connectivity index (χ1) is 10.1. The van der Waals surface area contributed by atoms with Gasteiger partial charge in [0.1, 0.15) is 0 Å². The molecule has 0 atom stereocenters. The van der Waals surface area contributed by atoms with Crippen LogP contribution in [0.15, 0.2) is 85.5 Å². The summed E-state index contributed by atoms with van der Waals surface area (Å²) in [5, 5.41) is 0. The fraction of sp³-hybridized carbons (Fsp3) is 0.200. The van der Waals surface area contributed by atoms with Crippen LogP contribution in [-0.2, 0) is 12.3 Å². The topological polar surface area (TPSA) is 0 Å². The van der Waals surface area contributed by atoms with E-state index in [2.05, 4.69) is 37.4 Å². The van der Waals surface area contributed by atoms with E-state index >= 15 is 0 Å². The third-order valence-corrected chi connectivity index (χ3v) is 2.65. The number of halogens is 1. The summed E-state index contributed by atoms with van der Waals surface area (Å²) < 4.78 is 0. The van der Waals surface area contributed by atoms with E-state index in [1.807, 2.05) is 50.2 Å². The highest BCUT2D eigenvalue weighted by Gasteiger charge is 1.88. The van der Waals surface area contributed by atoms with Gasteiger partial charge in [-0.05, 0) is 31.4 Å². The minimum Gasteiger partial charge on any atom is -0.122 e. The highest BCUT2D eigenvalue weighted by atomic mass is 35.5. The zero-order valence-electron chi connectivity index (χ0n) is 13.1. The molecule has 112 valence electrons. The van der Waals surface area contributed by atoms with Crippen molar-refractivity contribution in [2.24, 2.45) is 0 Å². The molecule has 0 unspecified atom stereocenters. The first kappa shape index (κ1) is 19.2. The number of alkyl halides is 1. The molecule has 0 aliphatic heterocycles. The SMILES string of the molecule is C=C(C)Cc1ccccc1.C=CC.ClCc1ccccc1. The highest BCUT2D eigenvalue weighted by molar-refractivity contribution is 6.17. The van der Waals surface area contributed by atoms with Crippen molar-refractivity contribution in [2.45, 2.75) is 26.1 Å². The van der Waals surface area contributed by atoms with E-state index in [1.54, 1.807) is 6.08 Å². The van der Waals surface area contributed by atoms with Crippen molar-refractivity contribution < 1.29 is 0 Å². The fourth-order valence-corrected chi connectivity index (χ4v) is 1.69.